The summed E-state index contributed by atoms with van der Waals surface area (Å²) in [5.41, 5.74) is 5.01. The van der Waals surface area contributed by atoms with Gasteiger partial charge in [0.15, 0.2) is 6.10 Å². The Balaban J connectivity index is 1.97. The Morgan fingerprint density at radius 2 is 1.83 bits per heavy atom. The molecular weight excluding hydrogens is 483 g/mol. The molecule has 0 aliphatic heterocycles. The van der Waals surface area contributed by atoms with Gasteiger partial charge in [-0.05, 0) is 49.7 Å². The lowest BCUT2D eigenvalue weighted by atomic mass is 10.2. The second-order valence-corrected chi connectivity index (χ2v) is 7.88. The average molecular weight is 504 g/mol. The van der Waals surface area contributed by atoms with E-state index in [2.05, 4.69) is 33.7 Å². The standard InChI is InChI=1S/C20H21BrCl2N2O4/c1-3-4-9-28-17-7-5-13(21)10-15(17)20(27)25-24-19(26)12(2)29-18-8-6-14(22)11-16(18)23/h5-8,10-12H,3-4,9H2,1-2H3,(H,24,26)(H,25,27). The lowest BCUT2D eigenvalue weighted by molar-refractivity contribution is -0.128. The maximum absolute atomic E-state index is 12.5. The zero-order chi connectivity index (χ0) is 21.4. The molecule has 0 saturated carbocycles. The number of amides is 2. The van der Waals surface area contributed by atoms with E-state index >= 15 is 0 Å². The largest absolute Gasteiger partial charge is 0.493 e. The van der Waals surface area contributed by atoms with Crippen molar-refractivity contribution in [3.05, 3.63) is 56.5 Å². The smallest absolute Gasteiger partial charge is 0.279 e. The van der Waals surface area contributed by atoms with E-state index in [1.54, 1.807) is 30.3 Å². The minimum atomic E-state index is -0.906. The second kappa shape index (κ2) is 11.3. The molecular formula is C20H21BrCl2N2O4. The molecule has 2 aromatic carbocycles. The second-order valence-electron chi connectivity index (χ2n) is 6.12. The van der Waals surface area contributed by atoms with Gasteiger partial charge in [0.25, 0.3) is 11.8 Å². The third kappa shape index (κ3) is 7.10. The Morgan fingerprint density at radius 1 is 1.10 bits per heavy atom. The summed E-state index contributed by atoms with van der Waals surface area (Å²) in [6.45, 7) is 4.08. The van der Waals surface area contributed by atoms with Crippen LogP contribution in [0.5, 0.6) is 11.5 Å². The highest BCUT2D eigenvalue weighted by atomic mass is 79.9. The van der Waals surface area contributed by atoms with E-state index in [-0.39, 0.29) is 5.02 Å². The lowest BCUT2D eigenvalue weighted by Crippen LogP contribution is -2.47. The van der Waals surface area contributed by atoms with Crippen molar-refractivity contribution in [2.24, 2.45) is 0 Å². The minimum Gasteiger partial charge on any atom is -0.493 e. The molecule has 2 rings (SSSR count). The third-order valence-corrected chi connectivity index (χ3v) is 4.83. The average Bonchev–Trinajstić information content (AvgIpc) is 2.69. The fourth-order valence-electron chi connectivity index (χ4n) is 2.23. The van der Waals surface area contributed by atoms with Gasteiger partial charge in [0.2, 0.25) is 0 Å². The van der Waals surface area contributed by atoms with E-state index in [9.17, 15) is 9.59 Å². The topological polar surface area (TPSA) is 76.7 Å². The number of rotatable bonds is 8. The summed E-state index contributed by atoms with van der Waals surface area (Å²) in [4.78, 5) is 24.8. The maximum Gasteiger partial charge on any atom is 0.279 e. The molecule has 6 nitrogen and oxygen atoms in total. The van der Waals surface area contributed by atoms with Crippen LogP contribution in [0, 0.1) is 0 Å². The summed E-state index contributed by atoms with van der Waals surface area (Å²) < 4.78 is 11.9. The first-order valence-electron chi connectivity index (χ1n) is 8.96. The fourth-order valence-corrected chi connectivity index (χ4v) is 3.05. The normalized spacial score (nSPS) is 11.5. The summed E-state index contributed by atoms with van der Waals surface area (Å²) in [6.07, 6.45) is 0.941. The number of hydrazine groups is 1. The van der Waals surface area contributed by atoms with E-state index in [4.69, 9.17) is 32.7 Å². The van der Waals surface area contributed by atoms with Crippen molar-refractivity contribution in [1.29, 1.82) is 0 Å². The van der Waals surface area contributed by atoms with Crippen molar-refractivity contribution >= 4 is 50.9 Å². The fraction of sp³-hybridized carbons (Fsp3) is 0.300. The molecule has 0 heterocycles. The molecule has 156 valence electrons. The lowest BCUT2D eigenvalue weighted by Gasteiger charge is -2.17. The van der Waals surface area contributed by atoms with Crippen molar-refractivity contribution in [2.45, 2.75) is 32.8 Å². The molecule has 0 radical (unpaired) electrons. The van der Waals surface area contributed by atoms with Crippen LogP contribution in [0.3, 0.4) is 0 Å². The monoisotopic (exact) mass is 502 g/mol. The molecule has 1 atom stereocenters. The Kier molecular flexibility index (Phi) is 9.07. The van der Waals surface area contributed by atoms with Crippen molar-refractivity contribution < 1.29 is 19.1 Å². The number of ether oxygens (including phenoxy) is 2. The highest BCUT2D eigenvalue weighted by molar-refractivity contribution is 9.10. The zero-order valence-electron chi connectivity index (χ0n) is 15.9. The van der Waals surface area contributed by atoms with Crippen LogP contribution in [0.1, 0.15) is 37.0 Å². The van der Waals surface area contributed by atoms with Gasteiger partial charge in [0, 0.05) is 9.50 Å². The SMILES string of the molecule is CCCCOc1ccc(Br)cc1C(=O)NNC(=O)C(C)Oc1ccc(Cl)cc1Cl. The van der Waals surface area contributed by atoms with Crippen molar-refractivity contribution in [3.63, 3.8) is 0 Å². The minimum absolute atomic E-state index is 0.282. The summed E-state index contributed by atoms with van der Waals surface area (Å²) >= 11 is 15.2. The molecule has 0 aliphatic rings. The van der Waals surface area contributed by atoms with Gasteiger partial charge in [-0.25, -0.2) is 0 Å². The van der Waals surface area contributed by atoms with E-state index in [1.165, 1.54) is 13.0 Å². The van der Waals surface area contributed by atoms with Gasteiger partial charge < -0.3 is 9.47 Å². The van der Waals surface area contributed by atoms with Gasteiger partial charge in [-0.2, -0.15) is 0 Å². The Labute approximate surface area is 188 Å². The van der Waals surface area contributed by atoms with Crippen LogP contribution in [-0.4, -0.2) is 24.5 Å². The molecule has 0 spiro atoms. The van der Waals surface area contributed by atoms with Gasteiger partial charge in [0.05, 0.1) is 17.2 Å². The van der Waals surface area contributed by atoms with Crippen LogP contribution in [0.4, 0.5) is 0 Å². The first-order chi connectivity index (χ1) is 13.8. The van der Waals surface area contributed by atoms with Crippen molar-refractivity contribution in [3.8, 4) is 11.5 Å². The molecule has 9 heteroatoms. The van der Waals surface area contributed by atoms with E-state index in [0.717, 1.165) is 12.8 Å². The highest BCUT2D eigenvalue weighted by Gasteiger charge is 2.19. The summed E-state index contributed by atoms with van der Waals surface area (Å²) in [5, 5.41) is 0.738. The summed E-state index contributed by atoms with van der Waals surface area (Å²) in [5.74, 6) is -0.315. The van der Waals surface area contributed by atoms with E-state index < -0.39 is 17.9 Å². The Bertz CT molecular complexity index is 880. The predicted octanol–water partition coefficient (Wildman–Crippen LogP) is 5.16. The number of halogens is 3. The third-order valence-electron chi connectivity index (χ3n) is 3.81. The summed E-state index contributed by atoms with van der Waals surface area (Å²) in [7, 11) is 0. The molecule has 2 amide bonds. The zero-order valence-corrected chi connectivity index (χ0v) is 19.0. The van der Waals surface area contributed by atoms with Crippen LogP contribution >= 0.6 is 39.1 Å². The number of hydrogen-bond acceptors (Lipinski definition) is 4. The van der Waals surface area contributed by atoms with Crippen LogP contribution in [0.2, 0.25) is 10.0 Å². The summed E-state index contributed by atoms with van der Waals surface area (Å²) in [6, 6.07) is 9.78. The van der Waals surface area contributed by atoms with E-state index in [1.807, 2.05) is 0 Å². The maximum atomic E-state index is 12.5. The molecule has 0 bridgehead atoms. The Hall–Kier alpha value is -1.96. The molecule has 29 heavy (non-hydrogen) atoms. The first kappa shape index (κ1) is 23.3. The van der Waals surface area contributed by atoms with Crippen LogP contribution < -0.4 is 20.3 Å². The van der Waals surface area contributed by atoms with Crippen molar-refractivity contribution in [2.75, 3.05) is 6.61 Å². The number of unbranched alkanes of at least 4 members (excludes halogenated alkanes) is 1. The molecule has 0 fully saturated rings. The van der Waals surface area contributed by atoms with Crippen molar-refractivity contribution in [1.82, 2.24) is 10.9 Å². The van der Waals surface area contributed by atoms with Crippen LogP contribution in [0.25, 0.3) is 0 Å². The number of nitrogens with one attached hydrogen (secondary N) is 2. The van der Waals surface area contributed by atoms with Crippen LogP contribution in [-0.2, 0) is 4.79 Å². The molecule has 1 unspecified atom stereocenters. The molecule has 2 aromatic rings. The van der Waals surface area contributed by atoms with Gasteiger partial charge >= 0.3 is 0 Å². The van der Waals surface area contributed by atoms with Gasteiger partial charge in [0.1, 0.15) is 11.5 Å². The predicted molar refractivity (Wildman–Crippen MR) is 117 cm³/mol. The van der Waals surface area contributed by atoms with Crippen LogP contribution in [0.15, 0.2) is 40.9 Å². The number of benzene rings is 2. The Morgan fingerprint density at radius 3 is 2.52 bits per heavy atom. The van der Waals surface area contributed by atoms with Gasteiger partial charge in [-0.15, -0.1) is 0 Å². The molecule has 0 aliphatic carbocycles. The quantitative estimate of drug-likeness (QED) is 0.385. The molecule has 0 aromatic heterocycles. The first-order valence-corrected chi connectivity index (χ1v) is 10.5. The number of carbonyl (C=O) groups is 2. The molecule has 2 N–H and O–H groups in total. The van der Waals surface area contributed by atoms with E-state index in [0.29, 0.717) is 33.2 Å². The highest BCUT2D eigenvalue weighted by Crippen LogP contribution is 2.28. The number of hydrogen-bond donors (Lipinski definition) is 2. The number of carbonyl (C=O) groups excluding carboxylic acids is 2. The van der Waals surface area contributed by atoms with Gasteiger partial charge in [-0.1, -0.05) is 52.5 Å². The van der Waals surface area contributed by atoms with Gasteiger partial charge in [-0.3, -0.25) is 20.4 Å². The molecule has 0 saturated heterocycles.